The molecule has 1 amide bonds. The molecular weight excluding hydrogens is 370 g/mol. The van der Waals surface area contributed by atoms with Crippen LogP contribution in [0.25, 0.3) is 0 Å². The third-order valence-electron chi connectivity index (χ3n) is 4.15. The van der Waals surface area contributed by atoms with Gasteiger partial charge in [-0.3, -0.25) is 14.5 Å². The van der Waals surface area contributed by atoms with Crippen LogP contribution in [0.15, 0.2) is 34.2 Å². The molecule has 0 saturated carbocycles. The first-order valence-electron chi connectivity index (χ1n) is 8.81. The van der Waals surface area contributed by atoms with E-state index in [0.717, 1.165) is 0 Å². The number of nitrogens with zero attached hydrogens (tertiary/aromatic N) is 1. The topological polar surface area (TPSA) is 114 Å². The van der Waals surface area contributed by atoms with Crippen LogP contribution in [0, 0.1) is 5.92 Å². The van der Waals surface area contributed by atoms with Crippen molar-refractivity contribution >= 4 is 27.7 Å². The number of amidine groups is 1. The lowest BCUT2D eigenvalue weighted by molar-refractivity contribution is -0.150. The molecule has 0 fully saturated rings. The first-order chi connectivity index (χ1) is 12.7. The maximum atomic E-state index is 12.5. The Kier molecular flexibility index (Phi) is 6.59. The average Bonchev–Trinajstić information content (AvgIpc) is 2.87. The van der Waals surface area contributed by atoms with Gasteiger partial charge in [0.25, 0.3) is 15.9 Å². The fourth-order valence-corrected chi connectivity index (χ4v) is 3.83. The second kappa shape index (κ2) is 8.51. The van der Waals surface area contributed by atoms with Crippen molar-refractivity contribution in [1.29, 1.82) is 0 Å². The number of ether oxygens (including phenoxy) is 1. The van der Waals surface area contributed by atoms with Crippen LogP contribution in [0.3, 0.4) is 0 Å². The van der Waals surface area contributed by atoms with Gasteiger partial charge in [-0.15, -0.1) is 0 Å². The highest BCUT2D eigenvalue weighted by molar-refractivity contribution is 7.90. The Bertz CT molecular complexity index is 848. The van der Waals surface area contributed by atoms with Gasteiger partial charge in [0, 0.05) is 11.6 Å². The molecule has 8 nitrogen and oxygen atoms in total. The lowest BCUT2D eigenvalue weighted by Crippen LogP contribution is -2.37. The zero-order valence-electron chi connectivity index (χ0n) is 15.9. The normalized spacial score (nSPS) is 18.5. The number of hydrogen-bond donors (Lipinski definition) is 2. The van der Waals surface area contributed by atoms with Gasteiger partial charge < -0.3 is 10.1 Å². The highest BCUT2D eigenvalue weighted by atomic mass is 32.2. The van der Waals surface area contributed by atoms with Gasteiger partial charge >= 0.3 is 5.97 Å². The van der Waals surface area contributed by atoms with Crippen molar-refractivity contribution in [1.82, 2.24) is 10.0 Å². The SMILES string of the molecule is CC[C@H](C)[C@H](N=C1NS(=O)(=O)c2ccccc21)C(=O)OCC(=O)NC(C)C. The van der Waals surface area contributed by atoms with Crippen molar-refractivity contribution in [2.45, 2.75) is 51.1 Å². The van der Waals surface area contributed by atoms with Crippen molar-refractivity contribution in [2.24, 2.45) is 10.9 Å². The lowest BCUT2D eigenvalue weighted by Gasteiger charge is -2.18. The van der Waals surface area contributed by atoms with Crippen molar-refractivity contribution in [3.8, 4) is 0 Å². The lowest BCUT2D eigenvalue weighted by atomic mass is 9.99. The minimum Gasteiger partial charge on any atom is -0.454 e. The van der Waals surface area contributed by atoms with Crippen LogP contribution >= 0.6 is 0 Å². The van der Waals surface area contributed by atoms with Crippen LogP contribution in [0.2, 0.25) is 0 Å². The Morgan fingerprint density at radius 2 is 1.89 bits per heavy atom. The van der Waals surface area contributed by atoms with Gasteiger partial charge in [-0.05, 0) is 31.9 Å². The molecule has 2 N–H and O–H groups in total. The molecule has 0 aromatic heterocycles. The van der Waals surface area contributed by atoms with Crippen molar-refractivity contribution in [2.75, 3.05) is 6.61 Å². The van der Waals surface area contributed by atoms with E-state index in [0.29, 0.717) is 12.0 Å². The van der Waals surface area contributed by atoms with E-state index < -0.39 is 34.5 Å². The van der Waals surface area contributed by atoms with Crippen LogP contribution in [-0.4, -0.2) is 44.8 Å². The Balaban J connectivity index is 2.24. The number of esters is 1. The number of aliphatic imine (C=N–C) groups is 1. The molecule has 0 bridgehead atoms. The molecule has 2 atom stereocenters. The van der Waals surface area contributed by atoms with Crippen molar-refractivity contribution in [3.63, 3.8) is 0 Å². The zero-order chi connectivity index (χ0) is 20.2. The maximum absolute atomic E-state index is 12.5. The maximum Gasteiger partial charge on any atom is 0.331 e. The second-order valence-corrected chi connectivity index (χ2v) is 8.39. The predicted molar refractivity (Wildman–Crippen MR) is 101 cm³/mol. The number of amides is 1. The molecule has 148 valence electrons. The molecule has 1 aliphatic rings. The Morgan fingerprint density at radius 3 is 2.52 bits per heavy atom. The van der Waals surface area contributed by atoms with Crippen LogP contribution < -0.4 is 10.0 Å². The van der Waals surface area contributed by atoms with E-state index in [-0.39, 0.29) is 22.7 Å². The fourth-order valence-electron chi connectivity index (χ4n) is 2.59. The van der Waals surface area contributed by atoms with E-state index in [4.69, 9.17) is 4.74 Å². The number of fused-ring (bicyclic) bond motifs is 1. The summed E-state index contributed by atoms with van der Waals surface area (Å²) in [5, 5.41) is 2.63. The zero-order valence-corrected chi connectivity index (χ0v) is 16.7. The van der Waals surface area contributed by atoms with Crippen LogP contribution in [0.1, 0.15) is 39.7 Å². The molecule has 0 saturated heterocycles. The molecule has 1 aliphatic heterocycles. The predicted octanol–water partition coefficient (Wildman–Crippen LogP) is 1.21. The Morgan fingerprint density at radius 1 is 1.22 bits per heavy atom. The molecule has 0 radical (unpaired) electrons. The average molecular weight is 395 g/mol. The summed E-state index contributed by atoms with van der Waals surface area (Å²) in [6, 6.07) is 5.43. The highest BCUT2D eigenvalue weighted by Crippen LogP contribution is 2.24. The summed E-state index contributed by atoms with van der Waals surface area (Å²) in [7, 11) is -3.69. The molecule has 0 aliphatic carbocycles. The van der Waals surface area contributed by atoms with E-state index in [9.17, 15) is 18.0 Å². The summed E-state index contributed by atoms with van der Waals surface area (Å²) >= 11 is 0. The Hall–Kier alpha value is -2.42. The van der Waals surface area contributed by atoms with E-state index >= 15 is 0 Å². The fraction of sp³-hybridized carbons (Fsp3) is 0.500. The number of benzene rings is 1. The third kappa shape index (κ3) is 5.06. The Labute approximate surface area is 159 Å². The standard InChI is InChI=1S/C18H25N3O5S/c1-5-12(4)16(18(23)26-10-15(22)19-11(2)3)20-17-13-8-6-7-9-14(13)27(24,25)21-17/h6-9,11-12,16H,5,10H2,1-4H3,(H,19,22)(H,20,21)/t12-,16-/m0/s1. The van der Waals surface area contributed by atoms with E-state index in [1.807, 2.05) is 13.8 Å². The van der Waals surface area contributed by atoms with Gasteiger partial charge in [0.15, 0.2) is 12.6 Å². The molecule has 1 aromatic carbocycles. The summed E-state index contributed by atoms with van der Waals surface area (Å²) in [6.07, 6.45) is 0.628. The molecular formula is C18H25N3O5S. The molecule has 1 aromatic rings. The van der Waals surface area contributed by atoms with Gasteiger partial charge in [0.1, 0.15) is 5.84 Å². The number of carbonyl (C=O) groups excluding carboxylic acids is 2. The third-order valence-corrected chi connectivity index (χ3v) is 5.55. The summed E-state index contributed by atoms with van der Waals surface area (Å²) in [5.41, 5.74) is 0.413. The first-order valence-corrected chi connectivity index (χ1v) is 10.3. The monoisotopic (exact) mass is 395 g/mol. The minimum absolute atomic E-state index is 0.0637. The van der Waals surface area contributed by atoms with Gasteiger partial charge in [0.05, 0.1) is 4.90 Å². The van der Waals surface area contributed by atoms with Crippen LogP contribution in [-0.2, 0) is 24.3 Å². The number of hydrogen-bond acceptors (Lipinski definition) is 6. The van der Waals surface area contributed by atoms with Gasteiger partial charge in [-0.25, -0.2) is 13.2 Å². The molecule has 27 heavy (non-hydrogen) atoms. The van der Waals surface area contributed by atoms with Crippen molar-refractivity contribution in [3.05, 3.63) is 29.8 Å². The van der Waals surface area contributed by atoms with E-state index in [1.54, 1.807) is 32.0 Å². The van der Waals surface area contributed by atoms with Crippen LogP contribution in [0.5, 0.6) is 0 Å². The van der Waals surface area contributed by atoms with Gasteiger partial charge in [-0.2, -0.15) is 0 Å². The van der Waals surface area contributed by atoms with Crippen molar-refractivity contribution < 1.29 is 22.7 Å². The number of rotatable bonds is 7. The molecule has 0 spiro atoms. The molecule has 9 heteroatoms. The minimum atomic E-state index is -3.69. The molecule has 2 rings (SSSR count). The molecule has 0 unspecified atom stereocenters. The smallest absolute Gasteiger partial charge is 0.331 e. The summed E-state index contributed by atoms with van der Waals surface area (Å²) in [4.78, 5) is 28.7. The van der Waals surface area contributed by atoms with Gasteiger partial charge in [0.2, 0.25) is 0 Å². The second-order valence-electron chi connectivity index (χ2n) is 6.74. The van der Waals surface area contributed by atoms with Crippen LogP contribution in [0.4, 0.5) is 0 Å². The first kappa shape index (κ1) is 20.9. The quantitative estimate of drug-likeness (QED) is 0.674. The van der Waals surface area contributed by atoms with E-state index in [2.05, 4.69) is 15.0 Å². The summed E-state index contributed by atoms with van der Waals surface area (Å²) in [6.45, 7) is 6.91. The number of nitrogens with one attached hydrogen (secondary N) is 2. The number of sulfonamides is 1. The van der Waals surface area contributed by atoms with Gasteiger partial charge in [-0.1, -0.05) is 32.4 Å². The summed E-state index contributed by atoms with van der Waals surface area (Å²) < 4.78 is 31.9. The molecule has 1 heterocycles. The largest absolute Gasteiger partial charge is 0.454 e. The highest BCUT2D eigenvalue weighted by Gasteiger charge is 2.33. The van der Waals surface area contributed by atoms with E-state index in [1.165, 1.54) is 6.07 Å². The summed E-state index contributed by atoms with van der Waals surface area (Å²) in [5.74, 6) is -1.16. The number of carbonyl (C=O) groups is 2.